The van der Waals surface area contributed by atoms with Gasteiger partial charge in [-0.05, 0) is 94.1 Å². The van der Waals surface area contributed by atoms with E-state index in [1.165, 1.54) is 12.0 Å². The van der Waals surface area contributed by atoms with Crippen molar-refractivity contribution in [3.63, 3.8) is 0 Å². The lowest BCUT2D eigenvalue weighted by Crippen LogP contribution is -2.27. The number of aryl methyl sites for hydroxylation is 2. The number of hydrogen-bond acceptors (Lipinski definition) is 6. The molecule has 0 spiro atoms. The van der Waals surface area contributed by atoms with Crippen molar-refractivity contribution >= 4 is 56.5 Å². The zero-order chi connectivity index (χ0) is 26.5. The third kappa shape index (κ3) is 6.42. The highest BCUT2D eigenvalue weighted by Gasteiger charge is 2.35. The van der Waals surface area contributed by atoms with Gasteiger partial charge in [0.05, 0.1) is 24.2 Å². The number of nitrogens with one attached hydrogen (secondary N) is 1. The summed E-state index contributed by atoms with van der Waals surface area (Å²) in [5.74, 6) is 0.123. The molecule has 37 heavy (non-hydrogen) atoms. The Bertz CT molecular complexity index is 1390. The number of amides is 3. The summed E-state index contributed by atoms with van der Waals surface area (Å²) in [6.45, 7) is 3.98. The van der Waals surface area contributed by atoms with Gasteiger partial charge in [0.25, 0.3) is 17.1 Å². The van der Waals surface area contributed by atoms with Crippen molar-refractivity contribution in [2.75, 3.05) is 19.0 Å². The number of benzene rings is 3. The fourth-order valence-corrected chi connectivity index (χ4v) is 5.05. The summed E-state index contributed by atoms with van der Waals surface area (Å²) in [7, 11) is 1.49. The number of nitrogens with zero attached hydrogens (tertiary/aromatic N) is 1. The maximum atomic E-state index is 12.8. The molecule has 3 aromatic carbocycles. The van der Waals surface area contributed by atoms with Crippen LogP contribution in [0.15, 0.2) is 70.0 Å². The van der Waals surface area contributed by atoms with Crippen LogP contribution in [-0.4, -0.2) is 35.7 Å². The second-order valence-corrected chi connectivity index (χ2v) is 10.3. The predicted molar refractivity (Wildman–Crippen MR) is 149 cm³/mol. The first kappa shape index (κ1) is 26.5. The van der Waals surface area contributed by atoms with Crippen molar-refractivity contribution in [2.24, 2.45) is 0 Å². The Morgan fingerprint density at radius 1 is 1.03 bits per heavy atom. The standard InChI is InChI=1S/C28H25BrN2O5S/c1-17-11-21(29)22(12-18(17)2)30-26(32)16-36-23-10-9-20(13-24(23)35-3)14-25-27(33)31(28(34)37-25)15-19-7-5-4-6-8-19/h4-14H,15-16H2,1-3H3,(H,30,32)/b25-14-. The number of methoxy groups -OCH3 is 1. The third-order valence-corrected chi connectivity index (χ3v) is 7.32. The molecule has 4 rings (SSSR count). The molecule has 1 aliphatic heterocycles. The zero-order valence-electron chi connectivity index (χ0n) is 20.5. The first-order chi connectivity index (χ1) is 17.7. The fourth-order valence-electron chi connectivity index (χ4n) is 3.65. The van der Waals surface area contributed by atoms with Crippen molar-refractivity contribution in [1.82, 2.24) is 4.90 Å². The van der Waals surface area contributed by atoms with Crippen molar-refractivity contribution in [1.29, 1.82) is 0 Å². The lowest BCUT2D eigenvalue weighted by Gasteiger charge is -2.13. The van der Waals surface area contributed by atoms with E-state index in [0.717, 1.165) is 32.9 Å². The van der Waals surface area contributed by atoms with Crippen LogP contribution in [0.3, 0.4) is 0 Å². The number of anilines is 1. The number of thioether (sulfide) groups is 1. The summed E-state index contributed by atoms with van der Waals surface area (Å²) in [6.07, 6.45) is 1.64. The summed E-state index contributed by atoms with van der Waals surface area (Å²) >= 11 is 4.37. The largest absolute Gasteiger partial charge is 0.493 e. The first-order valence-electron chi connectivity index (χ1n) is 11.4. The Kier molecular flexibility index (Phi) is 8.35. The lowest BCUT2D eigenvalue weighted by atomic mass is 10.1. The fraction of sp³-hybridized carbons (Fsp3) is 0.179. The quantitative estimate of drug-likeness (QED) is 0.313. The van der Waals surface area contributed by atoms with E-state index in [1.54, 1.807) is 24.3 Å². The van der Waals surface area contributed by atoms with Crippen molar-refractivity contribution in [3.8, 4) is 11.5 Å². The second-order valence-electron chi connectivity index (χ2n) is 8.42. The molecule has 3 amide bonds. The van der Waals surface area contributed by atoms with Crippen LogP contribution in [-0.2, 0) is 16.1 Å². The molecule has 0 bridgehead atoms. The van der Waals surface area contributed by atoms with Gasteiger partial charge >= 0.3 is 0 Å². The summed E-state index contributed by atoms with van der Waals surface area (Å²) in [6, 6.07) is 18.3. The van der Waals surface area contributed by atoms with Crippen LogP contribution >= 0.6 is 27.7 Å². The minimum atomic E-state index is -0.340. The predicted octanol–water partition coefficient (Wildman–Crippen LogP) is 6.33. The normalized spacial score (nSPS) is 14.3. The van der Waals surface area contributed by atoms with Gasteiger partial charge in [-0.15, -0.1) is 0 Å². The monoisotopic (exact) mass is 580 g/mol. The number of ether oxygens (including phenoxy) is 2. The average Bonchev–Trinajstić information content (AvgIpc) is 3.14. The summed E-state index contributed by atoms with van der Waals surface area (Å²) in [5, 5.41) is 2.53. The van der Waals surface area contributed by atoms with Gasteiger partial charge in [-0.25, -0.2) is 0 Å². The number of hydrogen-bond donors (Lipinski definition) is 1. The van der Waals surface area contributed by atoms with Crippen LogP contribution in [0.1, 0.15) is 22.3 Å². The number of rotatable bonds is 8. The molecule has 1 N–H and O–H groups in total. The Morgan fingerprint density at radius 3 is 2.49 bits per heavy atom. The van der Waals surface area contributed by atoms with E-state index < -0.39 is 0 Å². The van der Waals surface area contributed by atoms with E-state index in [1.807, 2.05) is 56.3 Å². The minimum Gasteiger partial charge on any atom is -0.493 e. The van der Waals surface area contributed by atoms with Gasteiger partial charge in [-0.1, -0.05) is 36.4 Å². The Hall–Kier alpha value is -3.56. The van der Waals surface area contributed by atoms with E-state index in [4.69, 9.17) is 9.47 Å². The molecule has 0 aromatic heterocycles. The SMILES string of the molecule is COc1cc(/C=C2\SC(=O)N(Cc3ccccc3)C2=O)ccc1OCC(=O)Nc1cc(C)c(C)cc1Br. The number of carbonyl (C=O) groups is 3. The Balaban J connectivity index is 1.42. The Labute approximate surface area is 228 Å². The second kappa shape index (κ2) is 11.7. The van der Waals surface area contributed by atoms with E-state index >= 15 is 0 Å². The van der Waals surface area contributed by atoms with Gasteiger partial charge in [0, 0.05) is 4.47 Å². The van der Waals surface area contributed by atoms with Gasteiger partial charge < -0.3 is 14.8 Å². The molecular weight excluding hydrogens is 556 g/mol. The highest BCUT2D eigenvalue weighted by atomic mass is 79.9. The number of carbonyl (C=O) groups excluding carboxylic acids is 3. The van der Waals surface area contributed by atoms with Gasteiger partial charge in [0.2, 0.25) is 0 Å². The molecule has 1 saturated heterocycles. The summed E-state index contributed by atoms with van der Waals surface area (Å²) < 4.78 is 11.9. The molecule has 3 aromatic rings. The molecule has 1 aliphatic rings. The number of halogens is 1. The third-order valence-electron chi connectivity index (χ3n) is 5.76. The molecule has 0 radical (unpaired) electrons. The topological polar surface area (TPSA) is 84.9 Å². The lowest BCUT2D eigenvalue weighted by molar-refractivity contribution is -0.123. The highest BCUT2D eigenvalue weighted by Crippen LogP contribution is 2.35. The van der Waals surface area contributed by atoms with E-state index in [-0.39, 0.29) is 30.2 Å². The molecule has 0 atom stereocenters. The zero-order valence-corrected chi connectivity index (χ0v) is 22.9. The molecule has 0 unspecified atom stereocenters. The Morgan fingerprint density at radius 2 is 1.76 bits per heavy atom. The van der Waals surface area contributed by atoms with Crippen LogP contribution < -0.4 is 14.8 Å². The van der Waals surface area contributed by atoms with Gasteiger partial charge in [0.1, 0.15) is 0 Å². The van der Waals surface area contributed by atoms with E-state index in [2.05, 4.69) is 21.2 Å². The average molecular weight is 581 g/mol. The van der Waals surface area contributed by atoms with Gasteiger partial charge in [-0.2, -0.15) is 0 Å². The molecule has 9 heteroatoms. The van der Waals surface area contributed by atoms with Crippen LogP contribution in [0.25, 0.3) is 6.08 Å². The smallest absolute Gasteiger partial charge is 0.293 e. The molecule has 7 nitrogen and oxygen atoms in total. The van der Waals surface area contributed by atoms with Crippen LogP contribution in [0.2, 0.25) is 0 Å². The minimum absolute atomic E-state index is 0.215. The molecule has 1 heterocycles. The van der Waals surface area contributed by atoms with Crippen LogP contribution in [0, 0.1) is 13.8 Å². The number of imide groups is 1. The van der Waals surface area contributed by atoms with E-state index in [9.17, 15) is 14.4 Å². The maximum absolute atomic E-state index is 12.8. The summed E-state index contributed by atoms with van der Waals surface area (Å²) in [4.78, 5) is 39.3. The first-order valence-corrected chi connectivity index (χ1v) is 13.0. The molecule has 0 aliphatic carbocycles. The molecule has 0 saturated carbocycles. The summed E-state index contributed by atoms with van der Waals surface area (Å²) in [5.41, 5.74) is 4.39. The molecule has 1 fully saturated rings. The molecule has 190 valence electrons. The molecular formula is C28H25BrN2O5S. The maximum Gasteiger partial charge on any atom is 0.293 e. The van der Waals surface area contributed by atoms with Crippen LogP contribution in [0.4, 0.5) is 10.5 Å². The van der Waals surface area contributed by atoms with E-state index in [0.29, 0.717) is 27.7 Å². The van der Waals surface area contributed by atoms with Crippen molar-refractivity contribution in [3.05, 3.63) is 92.3 Å². The van der Waals surface area contributed by atoms with Crippen LogP contribution in [0.5, 0.6) is 11.5 Å². The van der Waals surface area contributed by atoms with Crippen molar-refractivity contribution in [2.45, 2.75) is 20.4 Å². The highest BCUT2D eigenvalue weighted by molar-refractivity contribution is 9.10. The van der Waals surface area contributed by atoms with Crippen molar-refractivity contribution < 1.29 is 23.9 Å². The van der Waals surface area contributed by atoms with Gasteiger partial charge in [-0.3, -0.25) is 19.3 Å². The van der Waals surface area contributed by atoms with Gasteiger partial charge in [0.15, 0.2) is 18.1 Å².